The lowest BCUT2D eigenvalue weighted by Gasteiger charge is -2.18. The second-order valence-electron chi connectivity index (χ2n) is 8.46. The van der Waals surface area contributed by atoms with E-state index < -0.39 is 11.7 Å². The topological polar surface area (TPSA) is 37.6 Å². The van der Waals surface area contributed by atoms with E-state index in [1.807, 2.05) is 0 Å². The van der Waals surface area contributed by atoms with E-state index in [1.54, 1.807) is 30.9 Å². The average molecular weight is 484 g/mol. The monoisotopic (exact) mass is 483 g/mol. The lowest BCUT2D eigenvalue weighted by atomic mass is 10.0. The van der Waals surface area contributed by atoms with E-state index in [4.69, 9.17) is 23.2 Å². The Balaban J connectivity index is 1.73. The number of amides is 1. The largest absolute Gasteiger partial charge is 0.417 e. The molecule has 1 atom stereocenters. The van der Waals surface area contributed by atoms with Crippen LogP contribution in [0.4, 0.5) is 13.2 Å². The normalized spacial score (nSPS) is 16.9. The van der Waals surface area contributed by atoms with E-state index in [1.165, 1.54) is 4.40 Å². The SMILES string of the molecule is Cc1cc(C(F)(F)F)cn2c(C)c(Cc3c(Cl)ccc(C(=O)N4CCC(C)C4)c3Cl)nc12. The van der Waals surface area contributed by atoms with E-state index in [2.05, 4.69) is 11.9 Å². The highest BCUT2D eigenvalue weighted by atomic mass is 35.5. The van der Waals surface area contributed by atoms with Crippen LogP contribution in [0, 0.1) is 19.8 Å². The number of imidazole rings is 1. The average Bonchev–Trinajstić information content (AvgIpc) is 3.28. The predicted octanol–water partition coefficient (Wildman–Crippen LogP) is 6.35. The van der Waals surface area contributed by atoms with Gasteiger partial charge in [0.1, 0.15) is 5.65 Å². The lowest BCUT2D eigenvalue weighted by Crippen LogP contribution is -2.28. The fraction of sp³-hybridized carbons (Fsp3) is 0.391. The number of fused-ring (bicyclic) bond motifs is 1. The summed E-state index contributed by atoms with van der Waals surface area (Å²) in [6.45, 7) is 6.76. The molecule has 0 saturated carbocycles. The summed E-state index contributed by atoms with van der Waals surface area (Å²) in [6, 6.07) is 4.34. The van der Waals surface area contributed by atoms with Crippen molar-refractivity contribution in [1.82, 2.24) is 14.3 Å². The Bertz CT molecular complexity index is 1220. The highest BCUT2D eigenvalue weighted by molar-refractivity contribution is 6.38. The molecule has 4 nitrogen and oxygen atoms in total. The van der Waals surface area contributed by atoms with Gasteiger partial charge in [0.15, 0.2) is 0 Å². The van der Waals surface area contributed by atoms with Crippen LogP contribution in [0.15, 0.2) is 24.4 Å². The van der Waals surface area contributed by atoms with Crippen LogP contribution >= 0.6 is 23.2 Å². The van der Waals surface area contributed by atoms with Crippen LogP contribution in [-0.2, 0) is 12.6 Å². The molecule has 0 radical (unpaired) electrons. The van der Waals surface area contributed by atoms with Crippen molar-refractivity contribution in [1.29, 1.82) is 0 Å². The summed E-state index contributed by atoms with van der Waals surface area (Å²) in [5.41, 5.74) is 2.14. The van der Waals surface area contributed by atoms with Crippen molar-refractivity contribution in [2.24, 2.45) is 5.92 Å². The van der Waals surface area contributed by atoms with Gasteiger partial charge in [-0.25, -0.2) is 4.98 Å². The zero-order valence-corrected chi connectivity index (χ0v) is 19.4. The summed E-state index contributed by atoms with van der Waals surface area (Å²) in [4.78, 5) is 19.3. The summed E-state index contributed by atoms with van der Waals surface area (Å²) in [7, 11) is 0. The number of nitrogens with zero attached hydrogens (tertiary/aromatic N) is 3. The highest BCUT2D eigenvalue weighted by Gasteiger charge is 2.32. The van der Waals surface area contributed by atoms with Gasteiger partial charge in [-0.2, -0.15) is 13.2 Å². The van der Waals surface area contributed by atoms with Gasteiger partial charge in [-0.1, -0.05) is 30.1 Å². The summed E-state index contributed by atoms with van der Waals surface area (Å²) in [5, 5.41) is 0.636. The molecule has 1 fully saturated rings. The predicted molar refractivity (Wildman–Crippen MR) is 119 cm³/mol. The molecule has 2 aromatic heterocycles. The number of pyridine rings is 1. The number of hydrogen-bond donors (Lipinski definition) is 0. The number of alkyl halides is 3. The molecule has 1 aliphatic rings. The molecule has 0 N–H and O–H groups in total. The summed E-state index contributed by atoms with van der Waals surface area (Å²) in [5.74, 6) is 0.296. The number of hydrogen-bond acceptors (Lipinski definition) is 2. The molecule has 0 bridgehead atoms. The van der Waals surface area contributed by atoms with E-state index >= 15 is 0 Å². The van der Waals surface area contributed by atoms with Crippen molar-refractivity contribution in [3.63, 3.8) is 0 Å². The Kier molecular flexibility index (Phi) is 5.92. The maximum atomic E-state index is 13.3. The van der Waals surface area contributed by atoms with Crippen LogP contribution in [0.25, 0.3) is 5.65 Å². The third-order valence-electron chi connectivity index (χ3n) is 6.04. The third kappa shape index (κ3) is 4.08. The molecular formula is C23H22Cl2F3N3O. The molecule has 1 aromatic carbocycles. The number of rotatable bonds is 3. The molecule has 1 amide bonds. The van der Waals surface area contributed by atoms with Gasteiger partial charge in [-0.05, 0) is 55.5 Å². The number of aromatic nitrogens is 2. The second kappa shape index (κ2) is 8.27. The van der Waals surface area contributed by atoms with Crippen molar-refractivity contribution >= 4 is 34.8 Å². The number of carbonyl (C=O) groups excluding carboxylic acids is 1. The van der Waals surface area contributed by atoms with Crippen molar-refractivity contribution < 1.29 is 18.0 Å². The van der Waals surface area contributed by atoms with Crippen LogP contribution in [-0.4, -0.2) is 33.3 Å². The number of benzene rings is 1. The smallest absolute Gasteiger partial charge is 0.338 e. The van der Waals surface area contributed by atoms with E-state index in [0.717, 1.165) is 18.7 Å². The molecule has 1 unspecified atom stereocenters. The molecule has 1 saturated heterocycles. The van der Waals surface area contributed by atoms with Gasteiger partial charge in [-0.3, -0.25) is 4.79 Å². The number of aryl methyl sites for hydroxylation is 2. The molecular weight excluding hydrogens is 462 g/mol. The van der Waals surface area contributed by atoms with Gasteiger partial charge < -0.3 is 9.30 Å². The number of likely N-dealkylation sites (tertiary alicyclic amines) is 1. The minimum absolute atomic E-state index is 0.144. The summed E-state index contributed by atoms with van der Waals surface area (Å²) >= 11 is 13.0. The van der Waals surface area contributed by atoms with Crippen LogP contribution < -0.4 is 0 Å². The third-order valence-corrected chi connectivity index (χ3v) is 6.83. The van der Waals surface area contributed by atoms with Gasteiger partial charge in [0, 0.05) is 36.4 Å². The molecule has 9 heteroatoms. The van der Waals surface area contributed by atoms with Crippen LogP contribution in [0.5, 0.6) is 0 Å². The van der Waals surface area contributed by atoms with Crippen LogP contribution in [0.3, 0.4) is 0 Å². The van der Waals surface area contributed by atoms with E-state index in [0.29, 0.717) is 57.8 Å². The Labute approximate surface area is 193 Å². The van der Waals surface area contributed by atoms with E-state index in [-0.39, 0.29) is 17.4 Å². The standard InChI is InChI=1S/C23H22Cl2F3N3O/c1-12-6-7-30(10-12)22(32)16-4-5-18(24)17(20(16)25)9-19-14(3)31-11-15(23(26,27)28)8-13(2)21(31)29-19/h4-5,8,11-12H,6-7,9-10H2,1-3H3. The molecule has 1 aliphatic heterocycles. The first-order valence-corrected chi connectivity index (χ1v) is 11.0. The number of carbonyl (C=O) groups is 1. The lowest BCUT2D eigenvalue weighted by molar-refractivity contribution is -0.137. The molecule has 170 valence electrons. The van der Waals surface area contributed by atoms with E-state index in [9.17, 15) is 18.0 Å². The molecule has 4 rings (SSSR count). The minimum Gasteiger partial charge on any atom is -0.338 e. The van der Waals surface area contributed by atoms with Gasteiger partial charge in [0.05, 0.1) is 21.8 Å². The summed E-state index contributed by atoms with van der Waals surface area (Å²) < 4.78 is 41.2. The first-order chi connectivity index (χ1) is 15.0. The number of halogens is 5. The fourth-order valence-corrected chi connectivity index (χ4v) is 4.76. The quantitative estimate of drug-likeness (QED) is 0.435. The molecule has 3 heterocycles. The maximum Gasteiger partial charge on any atom is 0.417 e. The molecule has 0 spiro atoms. The Hall–Kier alpha value is -2.25. The molecule has 0 aliphatic carbocycles. The van der Waals surface area contributed by atoms with Crippen molar-refractivity contribution in [3.05, 3.63) is 68.1 Å². The minimum atomic E-state index is -4.45. The zero-order chi connectivity index (χ0) is 23.4. The molecule has 3 aromatic rings. The van der Waals surface area contributed by atoms with Crippen LogP contribution in [0.1, 0.15) is 51.8 Å². The Morgan fingerprint density at radius 2 is 1.97 bits per heavy atom. The maximum absolute atomic E-state index is 13.3. The fourth-order valence-electron chi connectivity index (χ4n) is 4.18. The first kappa shape index (κ1) is 22.9. The van der Waals surface area contributed by atoms with Crippen LogP contribution in [0.2, 0.25) is 10.0 Å². The second-order valence-corrected chi connectivity index (χ2v) is 9.24. The van der Waals surface area contributed by atoms with Crippen molar-refractivity contribution in [2.75, 3.05) is 13.1 Å². The van der Waals surface area contributed by atoms with Gasteiger partial charge in [0.2, 0.25) is 0 Å². The van der Waals surface area contributed by atoms with Crippen molar-refractivity contribution in [3.8, 4) is 0 Å². The van der Waals surface area contributed by atoms with Crippen molar-refractivity contribution in [2.45, 2.75) is 39.8 Å². The zero-order valence-electron chi connectivity index (χ0n) is 17.9. The van der Waals surface area contributed by atoms with Gasteiger partial charge in [-0.15, -0.1) is 0 Å². The highest BCUT2D eigenvalue weighted by Crippen LogP contribution is 2.34. The molecule has 32 heavy (non-hydrogen) atoms. The van der Waals surface area contributed by atoms with Gasteiger partial charge in [0.25, 0.3) is 5.91 Å². The Morgan fingerprint density at radius 1 is 1.25 bits per heavy atom. The Morgan fingerprint density at radius 3 is 2.59 bits per heavy atom. The van der Waals surface area contributed by atoms with Gasteiger partial charge >= 0.3 is 6.18 Å². The first-order valence-electron chi connectivity index (χ1n) is 10.3. The summed E-state index contributed by atoms with van der Waals surface area (Å²) in [6.07, 6.45) is -2.26.